The summed E-state index contributed by atoms with van der Waals surface area (Å²) in [6.07, 6.45) is 0. The van der Waals surface area contributed by atoms with Crippen LogP contribution in [0.15, 0.2) is 0 Å². The van der Waals surface area contributed by atoms with Crippen LogP contribution in [0.2, 0.25) is 0 Å². The van der Waals surface area contributed by atoms with Crippen LogP contribution in [0, 0.1) is 0 Å². The summed E-state index contributed by atoms with van der Waals surface area (Å²) in [5.41, 5.74) is 0. The molecule has 7 heteroatoms. The van der Waals surface area contributed by atoms with Gasteiger partial charge >= 0.3 is 6.01 Å². The Hall–Kier alpha value is -1.63. The summed E-state index contributed by atoms with van der Waals surface area (Å²) in [4.78, 5) is 17.3. The van der Waals surface area contributed by atoms with Crippen molar-refractivity contribution in [1.82, 2.24) is 19.9 Å². The zero-order valence-corrected chi connectivity index (χ0v) is 13.3. The average molecular weight is 282 g/mol. The van der Waals surface area contributed by atoms with Gasteiger partial charge in [-0.25, -0.2) is 0 Å². The lowest BCUT2D eigenvalue weighted by Gasteiger charge is -2.30. The van der Waals surface area contributed by atoms with E-state index in [0.29, 0.717) is 23.9 Å². The number of anilines is 2. The highest BCUT2D eigenvalue weighted by molar-refractivity contribution is 5.39. The van der Waals surface area contributed by atoms with Crippen molar-refractivity contribution in [2.24, 2.45) is 0 Å². The van der Waals surface area contributed by atoms with Crippen molar-refractivity contribution in [3.8, 4) is 6.01 Å². The first-order valence-corrected chi connectivity index (χ1v) is 6.97. The van der Waals surface area contributed by atoms with Crippen LogP contribution in [-0.4, -0.2) is 66.7 Å². The molecule has 1 aromatic heterocycles. The lowest BCUT2D eigenvalue weighted by atomic mass is 10.3. The Labute approximate surface area is 121 Å². The summed E-state index contributed by atoms with van der Waals surface area (Å²) in [7, 11) is 5.68. The van der Waals surface area contributed by atoms with E-state index in [9.17, 15) is 0 Å². The SMILES string of the molecule is CCNc1nc(OC)nc(N(CC)C(C)CN(C)C)n1. The summed E-state index contributed by atoms with van der Waals surface area (Å²) in [5, 5.41) is 3.10. The molecule has 0 aliphatic rings. The maximum atomic E-state index is 5.16. The van der Waals surface area contributed by atoms with Crippen LogP contribution in [0.3, 0.4) is 0 Å². The number of ether oxygens (including phenoxy) is 1. The molecule has 0 aliphatic carbocycles. The van der Waals surface area contributed by atoms with E-state index in [4.69, 9.17) is 4.74 Å². The van der Waals surface area contributed by atoms with Crippen molar-refractivity contribution in [2.75, 3.05) is 51.1 Å². The second-order valence-corrected chi connectivity index (χ2v) is 4.87. The van der Waals surface area contributed by atoms with Crippen LogP contribution >= 0.6 is 0 Å². The van der Waals surface area contributed by atoms with Gasteiger partial charge in [-0.15, -0.1) is 0 Å². The van der Waals surface area contributed by atoms with Gasteiger partial charge in [0, 0.05) is 25.7 Å². The Balaban J connectivity index is 3.03. The van der Waals surface area contributed by atoms with Gasteiger partial charge < -0.3 is 19.9 Å². The van der Waals surface area contributed by atoms with Crippen LogP contribution in [0.4, 0.5) is 11.9 Å². The van der Waals surface area contributed by atoms with E-state index < -0.39 is 0 Å². The standard InChI is InChI=1S/C13H26N6O/c1-7-14-11-15-12(17-13(16-11)20-6)19(8-2)10(3)9-18(4)5/h10H,7-9H2,1-6H3,(H,14,15,16,17). The van der Waals surface area contributed by atoms with Crippen molar-refractivity contribution in [1.29, 1.82) is 0 Å². The molecule has 1 N–H and O–H groups in total. The Bertz CT molecular complexity index is 412. The number of aromatic nitrogens is 3. The van der Waals surface area contributed by atoms with E-state index in [1.807, 2.05) is 6.92 Å². The summed E-state index contributed by atoms with van der Waals surface area (Å²) >= 11 is 0. The van der Waals surface area contributed by atoms with Crippen LogP contribution in [0.1, 0.15) is 20.8 Å². The summed E-state index contributed by atoms with van der Waals surface area (Å²) in [6, 6.07) is 0.637. The van der Waals surface area contributed by atoms with E-state index in [-0.39, 0.29) is 0 Å². The number of nitrogens with one attached hydrogen (secondary N) is 1. The fraction of sp³-hybridized carbons (Fsp3) is 0.769. The molecule has 0 saturated carbocycles. The molecule has 114 valence electrons. The van der Waals surface area contributed by atoms with E-state index in [1.165, 1.54) is 0 Å². The molecule has 0 aliphatic heterocycles. The smallest absolute Gasteiger partial charge is 0.322 e. The Morgan fingerprint density at radius 3 is 2.40 bits per heavy atom. The number of hydrogen-bond acceptors (Lipinski definition) is 7. The molecule has 0 spiro atoms. The second kappa shape index (κ2) is 7.84. The van der Waals surface area contributed by atoms with Gasteiger partial charge in [0.15, 0.2) is 0 Å². The molecule has 0 fully saturated rings. The zero-order chi connectivity index (χ0) is 15.1. The van der Waals surface area contributed by atoms with Crippen LogP contribution in [-0.2, 0) is 0 Å². The highest BCUT2D eigenvalue weighted by atomic mass is 16.5. The number of methoxy groups -OCH3 is 1. The minimum atomic E-state index is 0.302. The molecule has 7 nitrogen and oxygen atoms in total. The second-order valence-electron chi connectivity index (χ2n) is 4.87. The summed E-state index contributed by atoms with van der Waals surface area (Å²) in [5.74, 6) is 1.19. The van der Waals surface area contributed by atoms with Gasteiger partial charge in [-0.1, -0.05) is 0 Å². The lowest BCUT2D eigenvalue weighted by Crippen LogP contribution is -2.41. The fourth-order valence-corrected chi connectivity index (χ4v) is 2.08. The molecule has 0 bridgehead atoms. The molecule has 1 aromatic rings. The Morgan fingerprint density at radius 2 is 1.90 bits per heavy atom. The Kier molecular flexibility index (Phi) is 6.44. The monoisotopic (exact) mass is 282 g/mol. The van der Waals surface area contributed by atoms with Crippen LogP contribution in [0.5, 0.6) is 6.01 Å². The number of rotatable bonds is 8. The first-order valence-electron chi connectivity index (χ1n) is 6.97. The predicted octanol–water partition coefficient (Wildman–Crippen LogP) is 1.09. The van der Waals surface area contributed by atoms with Crippen molar-refractivity contribution in [2.45, 2.75) is 26.8 Å². The largest absolute Gasteiger partial charge is 0.467 e. The molecular weight excluding hydrogens is 256 g/mol. The fourth-order valence-electron chi connectivity index (χ4n) is 2.08. The highest BCUT2D eigenvalue weighted by Gasteiger charge is 2.18. The van der Waals surface area contributed by atoms with Crippen LogP contribution in [0.25, 0.3) is 0 Å². The molecule has 1 rings (SSSR count). The topological polar surface area (TPSA) is 66.4 Å². The zero-order valence-electron chi connectivity index (χ0n) is 13.3. The first kappa shape index (κ1) is 16.4. The predicted molar refractivity (Wildman–Crippen MR) is 81.6 cm³/mol. The molecule has 1 heterocycles. The summed E-state index contributed by atoms with van der Waals surface area (Å²) in [6.45, 7) is 8.77. The quantitative estimate of drug-likeness (QED) is 0.765. The summed E-state index contributed by atoms with van der Waals surface area (Å²) < 4.78 is 5.16. The molecular formula is C13H26N6O. The number of likely N-dealkylation sites (N-methyl/N-ethyl adjacent to an activating group) is 2. The average Bonchev–Trinajstić information content (AvgIpc) is 2.38. The molecule has 0 saturated heterocycles. The van der Waals surface area contributed by atoms with Gasteiger partial charge in [-0.05, 0) is 34.9 Å². The van der Waals surface area contributed by atoms with Crippen molar-refractivity contribution >= 4 is 11.9 Å². The van der Waals surface area contributed by atoms with Gasteiger partial charge in [0.1, 0.15) is 0 Å². The minimum Gasteiger partial charge on any atom is -0.467 e. The highest BCUT2D eigenvalue weighted by Crippen LogP contribution is 2.17. The normalized spacial score (nSPS) is 12.3. The molecule has 0 radical (unpaired) electrons. The van der Waals surface area contributed by atoms with Crippen molar-refractivity contribution < 1.29 is 4.74 Å². The maximum absolute atomic E-state index is 5.16. The lowest BCUT2D eigenvalue weighted by molar-refractivity contribution is 0.365. The number of hydrogen-bond donors (Lipinski definition) is 1. The molecule has 20 heavy (non-hydrogen) atoms. The van der Waals surface area contributed by atoms with E-state index in [2.05, 4.69) is 58.0 Å². The van der Waals surface area contributed by atoms with Gasteiger partial charge in [0.2, 0.25) is 11.9 Å². The number of nitrogens with zero attached hydrogens (tertiary/aromatic N) is 5. The van der Waals surface area contributed by atoms with Gasteiger partial charge in [-0.2, -0.15) is 15.0 Å². The molecule has 0 aromatic carbocycles. The van der Waals surface area contributed by atoms with Crippen molar-refractivity contribution in [3.05, 3.63) is 0 Å². The Morgan fingerprint density at radius 1 is 1.20 bits per heavy atom. The molecule has 0 amide bonds. The minimum absolute atomic E-state index is 0.302. The third-order valence-electron chi connectivity index (χ3n) is 2.88. The van der Waals surface area contributed by atoms with Crippen molar-refractivity contribution in [3.63, 3.8) is 0 Å². The molecule has 1 unspecified atom stereocenters. The van der Waals surface area contributed by atoms with Crippen LogP contribution < -0.4 is 15.0 Å². The first-order chi connectivity index (χ1) is 9.51. The van der Waals surface area contributed by atoms with E-state index in [1.54, 1.807) is 7.11 Å². The van der Waals surface area contributed by atoms with Gasteiger partial charge in [-0.3, -0.25) is 0 Å². The third-order valence-corrected chi connectivity index (χ3v) is 2.88. The van der Waals surface area contributed by atoms with Gasteiger partial charge in [0.05, 0.1) is 7.11 Å². The maximum Gasteiger partial charge on any atom is 0.322 e. The van der Waals surface area contributed by atoms with Gasteiger partial charge in [0.25, 0.3) is 0 Å². The molecule has 1 atom stereocenters. The van der Waals surface area contributed by atoms with E-state index >= 15 is 0 Å². The van der Waals surface area contributed by atoms with E-state index in [0.717, 1.165) is 19.6 Å². The third kappa shape index (κ3) is 4.48.